The molecule has 1 aromatic rings. The highest BCUT2D eigenvalue weighted by molar-refractivity contribution is 4.98. The van der Waals surface area contributed by atoms with E-state index in [2.05, 4.69) is 17.2 Å². The van der Waals surface area contributed by atoms with E-state index in [9.17, 15) is 0 Å². The van der Waals surface area contributed by atoms with Gasteiger partial charge in [-0.25, -0.2) is 4.98 Å². The van der Waals surface area contributed by atoms with Crippen molar-refractivity contribution in [2.75, 3.05) is 6.54 Å². The van der Waals surface area contributed by atoms with Crippen LogP contribution in [0.25, 0.3) is 0 Å². The van der Waals surface area contributed by atoms with E-state index in [1.807, 2.05) is 0 Å². The number of aromatic nitrogens is 1. The maximum atomic E-state index is 5.37. The summed E-state index contributed by atoms with van der Waals surface area (Å²) in [6.45, 7) is 3.24. The number of nitrogens with one attached hydrogen (secondary N) is 1. The molecule has 1 fully saturated rings. The average Bonchev–Trinajstić information content (AvgIpc) is 2.76. The third-order valence-electron chi connectivity index (χ3n) is 2.54. The molecule has 1 saturated heterocycles. The van der Waals surface area contributed by atoms with E-state index in [0.29, 0.717) is 6.04 Å². The first-order valence-electron chi connectivity index (χ1n) is 5.05. The largest absolute Gasteiger partial charge is 0.449 e. The molecule has 0 bridgehead atoms. The van der Waals surface area contributed by atoms with Crippen LogP contribution >= 0.6 is 0 Å². The zero-order chi connectivity index (χ0) is 9.10. The van der Waals surface area contributed by atoms with Crippen LogP contribution in [0.3, 0.4) is 0 Å². The Morgan fingerprint density at radius 3 is 3.23 bits per heavy atom. The third-order valence-corrected chi connectivity index (χ3v) is 2.54. The molecule has 0 spiro atoms. The summed E-state index contributed by atoms with van der Waals surface area (Å²) in [5, 5.41) is 3.43. The molecule has 0 saturated carbocycles. The molecule has 2 heterocycles. The van der Waals surface area contributed by atoms with Gasteiger partial charge in [-0.2, -0.15) is 0 Å². The minimum Gasteiger partial charge on any atom is -0.449 e. The summed E-state index contributed by atoms with van der Waals surface area (Å²) < 4.78 is 5.37. The molecular formula is C10H16N2O. The van der Waals surface area contributed by atoms with Gasteiger partial charge in [0.15, 0.2) is 5.89 Å². The Hall–Kier alpha value is -0.830. The summed E-state index contributed by atoms with van der Waals surface area (Å²) in [4.78, 5) is 4.39. The van der Waals surface area contributed by atoms with Gasteiger partial charge in [0.25, 0.3) is 0 Å². The van der Waals surface area contributed by atoms with Crippen molar-refractivity contribution in [3.63, 3.8) is 0 Å². The minimum absolute atomic E-state index is 0.586. The normalized spacial score (nSPS) is 22.4. The fraction of sp³-hybridized carbons (Fsp3) is 0.700. The first kappa shape index (κ1) is 8.75. The summed E-state index contributed by atoms with van der Waals surface area (Å²) in [6, 6.07) is 0.586. The van der Waals surface area contributed by atoms with Crippen LogP contribution in [0.2, 0.25) is 0 Å². The topological polar surface area (TPSA) is 38.1 Å². The maximum Gasteiger partial charge on any atom is 0.195 e. The van der Waals surface area contributed by atoms with E-state index in [0.717, 1.165) is 31.0 Å². The summed E-state index contributed by atoms with van der Waals surface area (Å²) in [5.41, 5.74) is 1.06. The van der Waals surface area contributed by atoms with Crippen molar-refractivity contribution >= 4 is 0 Å². The molecule has 1 aliphatic heterocycles. The molecule has 0 amide bonds. The third kappa shape index (κ3) is 2.10. The van der Waals surface area contributed by atoms with Crippen LogP contribution < -0.4 is 5.32 Å². The Labute approximate surface area is 78.5 Å². The van der Waals surface area contributed by atoms with Gasteiger partial charge < -0.3 is 9.73 Å². The second-order valence-electron chi connectivity index (χ2n) is 3.58. The molecule has 1 unspecified atom stereocenters. The first-order chi connectivity index (χ1) is 6.38. The van der Waals surface area contributed by atoms with Gasteiger partial charge in [-0.15, -0.1) is 0 Å². The minimum atomic E-state index is 0.586. The van der Waals surface area contributed by atoms with Crippen molar-refractivity contribution in [3.05, 3.63) is 17.8 Å². The van der Waals surface area contributed by atoms with Gasteiger partial charge in [0.2, 0.25) is 0 Å². The molecular weight excluding hydrogens is 164 g/mol. The fourth-order valence-electron chi connectivity index (χ4n) is 1.75. The van der Waals surface area contributed by atoms with Gasteiger partial charge >= 0.3 is 0 Å². The van der Waals surface area contributed by atoms with Gasteiger partial charge in [-0.1, -0.05) is 6.92 Å². The van der Waals surface area contributed by atoms with Crippen LogP contribution in [0, 0.1) is 0 Å². The number of aryl methyl sites for hydroxylation is 1. The van der Waals surface area contributed by atoms with Crippen molar-refractivity contribution in [1.29, 1.82) is 0 Å². The van der Waals surface area contributed by atoms with Crippen molar-refractivity contribution < 1.29 is 4.42 Å². The van der Waals surface area contributed by atoms with Crippen LogP contribution in [0.1, 0.15) is 31.4 Å². The second-order valence-corrected chi connectivity index (χ2v) is 3.58. The molecule has 1 atom stereocenters. The van der Waals surface area contributed by atoms with Crippen LogP contribution in [-0.2, 0) is 12.8 Å². The van der Waals surface area contributed by atoms with Crippen LogP contribution in [0.5, 0.6) is 0 Å². The Kier molecular flexibility index (Phi) is 2.64. The van der Waals surface area contributed by atoms with E-state index < -0.39 is 0 Å². The number of hydrogen-bond donors (Lipinski definition) is 1. The lowest BCUT2D eigenvalue weighted by Gasteiger charge is -2.05. The second kappa shape index (κ2) is 3.92. The summed E-state index contributed by atoms with van der Waals surface area (Å²) in [5.74, 6) is 0.885. The maximum absolute atomic E-state index is 5.37. The molecule has 72 valence electrons. The highest BCUT2D eigenvalue weighted by atomic mass is 16.3. The smallest absolute Gasteiger partial charge is 0.195 e. The Morgan fingerprint density at radius 2 is 2.62 bits per heavy atom. The first-order valence-corrected chi connectivity index (χ1v) is 5.05. The molecule has 3 nitrogen and oxygen atoms in total. The van der Waals surface area contributed by atoms with Gasteiger partial charge in [-0.05, 0) is 25.8 Å². The number of rotatable bonds is 3. The van der Waals surface area contributed by atoms with Crippen LogP contribution in [-0.4, -0.2) is 17.6 Å². The lowest BCUT2D eigenvalue weighted by Crippen LogP contribution is -2.23. The van der Waals surface area contributed by atoms with Crippen molar-refractivity contribution in [2.24, 2.45) is 0 Å². The number of hydrogen-bond acceptors (Lipinski definition) is 3. The zero-order valence-electron chi connectivity index (χ0n) is 8.05. The fourth-order valence-corrected chi connectivity index (χ4v) is 1.75. The van der Waals surface area contributed by atoms with Crippen LogP contribution in [0.15, 0.2) is 10.7 Å². The summed E-state index contributed by atoms with van der Waals surface area (Å²) in [6.07, 6.45) is 6.21. The molecule has 0 radical (unpaired) electrons. The van der Waals surface area contributed by atoms with E-state index in [-0.39, 0.29) is 0 Å². The van der Waals surface area contributed by atoms with Crippen molar-refractivity contribution in [2.45, 2.75) is 38.6 Å². The lowest BCUT2D eigenvalue weighted by molar-refractivity contribution is 0.456. The predicted octanol–water partition coefficient (Wildman–Crippen LogP) is 1.53. The number of nitrogens with zero attached hydrogens (tertiary/aromatic N) is 1. The van der Waals surface area contributed by atoms with Crippen molar-refractivity contribution in [1.82, 2.24) is 10.3 Å². The molecule has 0 aliphatic carbocycles. The monoisotopic (exact) mass is 180 g/mol. The SMILES string of the molecule is CCc1coc(CC2CCCN2)n1. The molecule has 1 aromatic heterocycles. The van der Waals surface area contributed by atoms with Gasteiger partial charge in [0.1, 0.15) is 6.26 Å². The van der Waals surface area contributed by atoms with Crippen LogP contribution in [0.4, 0.5) is 0 Å². The molecule has 13 heavy (non-hydrogen) atoms. The summed E-state index contributed by atoms with van der Waals surface area (Å²) >= 11 is 0. The molecule has 1 N–H and O–H groups in total. The zero-order valence-corrected chi connectivity index (χ0v) is 8.05. The van der Waals surface area contributed by atoms with Gasteiger partial charge in [-0.3, -0.25) is 0 Å². The van der Waals surface area contributed by atoms with Crippen molar-refractivity contribution in [3.8, 4) is 0 Å². The molecule has 2 rings (SSSR count). The van der Waals surface area contributed by atoms with E-state index in [1.54, 1.807) is 6.26 Å². The Bertz CT molecular complexity index is 264. The van der Waals surface area contributed by atoms with Gasteiger partial charge in [0.05, 0.1) is 5.69 Å². The molecule has 0 aromatic carbocycles. The standard InChI is InChI=1S/C10H16N2O/c1-2-8-7-13-10(12-8)6-9-4-3-5-11-9/h7,9,11H,2-6H2,1H3. The lowest BCUT2D eigenvalue weighted by atomic mass is 10.1. The average molecular weight is 180 g/mol. The predicted molar refractivity (Wildman–Crippen MR) is 50.6 cm³/mol. The highest BCUT2D eigenvalue weighted by Crippen LogP contribution is 2.11. The molecule has 1 aliphatic rings. The summed E-state index contributed by atoms with van der Waals surface area (Å²) in [7, 11) is 0. The Morgan fingerprint density at radius 1 is 1.69 bits per heavy atom. The quantitative estimate of drug-likeness (QED) is 0.766. The number of oxazole rings is 1. The van der Waals surface area contributed by atoms with Gasteiger partial charge in [0, 0.05) is 12.5 Å². The highest BCUT2D eigenvalue weighted by Gasteiger charge is 2.16. The van der Waals surface area contributed by atoms with E-state index in [1.165, 1.54) is 12.8 Å². The van der Waals surface area contributed by atoms with E-state index in [4.69, 9.17) is 4.42 Å². The van der Waals surface area contributed by atoms with E-state index >= 15 is 0 Å². The Balaban J connectivity index is 1.92. The molecule has 3 heteroatoms.